The quantitative estimate of drug-likeness (QED) is 0.934. The van der Waals surface area contributed by atoms with Crippen molar-refractivity contribution in [3.63, 3.8) is 0 Å². The fraction of sp³-hybridized carbons (Fsp3) is 0.571. The summed E-state index contributed by atoms with van der Waals surface area (Å²) in [6.45, 7) is 9.73. The summed E-state index contributed by atoms with van der Waals surface area (Å²) < 4.78 is 5.36. The van der Waals surface area contributed by atoms with Gasteiger partial charge >= 0.3 is 0 Å². The zero-order valence-electron chi connectivity index (χ0n) is 12.0. The molecule has 0 spiro atoms. The molecule has 2 aromatic heterocycles. The number of ether oxygens (including phenoxy) is 1. The van der Waals surface area contributed by atoms with Gasteiger partial charge in [-0.25, -0.2) is 9.97 Å². The molecule has 0 radical (unpaired) electrons. The van der Waals surface area contributed by atoms with Crippen molar-refractivity contribution in [2.24, 2.45) is 0 Å². The van der Waals surface area contributed by atoms with Crippen molar-refractivity contribution in [3.05, 3.63) is 16.8 Å². The molecule has 1 saturated heterocycles. The van der Waals surface area contributed by atoms with Gasteiger partial charge in [-0.2, -0.15) is 0 Å². The van der Waals surface area contributed by atoms with Gasteiger partial charge in [0, 0.05) is 31.1 Å². The Bertz CT molecular complexity index is 592. The Labute approximate surface area is 123 Å². The normalized spacial score (nSPS) is 16.7. The molecule has 3 heterocycles. The molecule has 0 saturated carbocycles. The van der Waals surface area contributed by atoms with E-state index in [1.54, 1.807) is 11.3 Å². The third-order valence-corrected chi connectivity index (χ3v) is 4.40. The fourth-order valence-corrected chi connectivity index (χ4v) is 3.37. The summed E-state index contributed by atoms with van der Waals surface area (Å²) in [5.41, 5.74) is 0. The van der Waals surface area contributed by atoms with Gasteiger partial charge in [-0.1, -0.05) is 0 Å². The van der Waals surface area contributed by atoms with Gasteiger partial charge in [-0.3, -0.25) is 4.90 Å². The van der Waals surface area contributed by atoms with Crippen LogP contribution in [0.15, 0.2) is 6.07 Å². The number of fused-ring (bicyclic) bond motifs is 1. The molecule has 0 amide bonds. The van der Waals surface area contributed by atoms with Crippen LogP contribution in [0.1, 0.15) is 10.7 Å². The molecule has 108 valence electrons. The Morgan fingerprint density at radius 1 is 1.30 bits per heavy atom. The maximum absolute atomic E-state index is 5.36. The number of hydrogen-bond donors (Lipinski definition) is 1. The summed E-state index contributed by atoms with van der Waals surface area (Å²) >= 11 is 1.72. The largest absolute Gasteiger partial charge is 0.379 e. The van der Waals surface area contributed by atoms with Crippen molar-refractivity contribution in [3.8, 4) is 0 Å². The number of aromatic nitrogens is 2. The molecule has 6 heteroatoms. The molecule has 5 nitrogen and oxygen atoms in total. The van der Waals surface area contributed by atoms with Gasteiger partial charge in [0.15, 0.2) is 0 Å². The van der Waals surface area contributed by atoms with E-state index in [0.29, 0.717) is 0 Å². The average Bonchev–Trinajstić information content (AvgIpc) is 2.80. The van der Waals surface area contributed by atoms with Crippen LogP contribution < -0.4 is 5.32 Å². The molecule has 1 aliphatic heterocycles. The first-order valence-corrected chi connectivity index (χ1v) is 7.83. The van der Waals surface area contributed by atoms with E-state index in [9.17, 15) is 0 Å². The van der Waals surface area contributed by atoms with Crippen LogP contribution in [0.5, 0.6) is 0 Å². The highest BCUT2D eigenvalue weighted by atomic mass is 32.1. The second kappa shape index (κ2) is 6.03. The van der Waals surface area contributed by atoms with Crippen LogP contribution in [0.4, 0.5) is 5.82 Å². The molecule has 20 heavy (non-hydrogen) atoms. The van der Waals surface area contributed by atoms with Gasteiger partial charge in [0.25, 0.3) is 0 Å². The lowest BCUT2D eigenvalue weighted by Gasteiger charge is -2.26. The minimum atomic E-state index is 0.827. The van der Waals surface area contributed by atoms with Crippen molar-refractivity contribution >= 4 is 27.4 Å². The highest BCUT2D eigenvalue weighted by Crippen LogP contribution is 2.28. The highest BCUT2D eigenvalue weighted by Gasteiger charge is 2.11. The fourth-order valence-electron chi connectivity index (χ4n) is 2.44. The molecule has 0 aliphatic carbocycles. The molecule has 0 unspecified atom stereocenters. The number of hydrogen-bond acceptors (Lipinski definition) is 6. The molecule has 0 aromatic carbocycles. The zero-order chi connectivity index (χ0) is 13.9. The second-order valence-corrected chi connectivity index (χ2v) is 6.31. The molecule has 1 N–H and O–H groups in total. The highest BCUT2D eigenvalue weighted by molar-refractivity contribution is 7.18. The smallest absolute Gasteiger partial charge is 0.138 e. The minimum absolute atomic E-state index is 0.827. The monoisotopic (exact) mass is 292 g/mol. The number of aryl methyl sites for hydroxylation is 2. The maximum Gasteiger partial charge on any atom is 0.138 e. The molecule has 1 aliphatic rings. The van der Waals surface area contributed by atoms with Crippen molar-refractivity contribution in [2.45, 2.75) is 13.8 Å². The Morgan fingerprint density at radius 3 is 2.90 bits per heavy atom. The first kappa shape index (κ1) is 13.7. The van der Waals surface area contributed by atoms with Crippen molar-refractivity contribution in [1.29, 1.82) is 0 Å². The Kier molecular flexibility index (Phi) is 4.14. The molecular weight excluding hydrogens is 272 g/mol. The molecule has 0 bridgehead atoms. The van der Waals surface area contributed by atoms with Crippen LogP contribution in [-0.2, 0) is 4.74 Å². The van der Waals surface area contributed by atoms with Gasteiger partial charge in [-0.15, -0.1) is 11.3 Å². The van der Waals surface area contributed by atoms with Crippen LogP contribution in [0.25, 0.3) is 10.2 Å². The number of morpholine rings is 1. The first-order chi connectivity index (χ1) is 9.72. The van der Waals surface area contributed by atoms with Gasteiger partial charge in [0.1, 0.15) is 16.5 Å². The summed E-state index contributed by atoms with van der Waals surface area (Å²) in [5.74, 6) is 1.79. The van der Waals surface area contributed by atoms with E-state index in [4.69, 9.17) is 4.74 Å². The number of thiophene rings is 1. The molecule has 0 atom stereocenters. The number of nitrogens with one attached hydrogen (secondary N) is 1. The number of anilines is 1. The third kappa shape index (κ3) is 3.08. The van der Waals surface area contributed by atoms with Crippen LogP contribution >= 0.6 is 11.3 Å². The third-order valence-electron chi connectivity index (χ3n) is 3.45. The average molecular weight is 292 g/mol. The van der Waals surface area contributed by atoms with Crippen LogP contribution in [0.2, 0.25) is 0 Å². The standard InChI is InChI=1S/C14H20N4OS/c1-10-9-12-13(16-11(2)17-14(12)20-10)15-3-4-18-5-7-19-8-6-18/h9H,3-8H2,1-2H3,(H,15,16,17). The van der Waals surface area contributed by atoms with Crippen LogP contribution in [0, 0.1) is 13.8 Å². The summed E-state index contributed by atoms with van der Waals surface area (Å²) in [6, 6.07) is 2.16. The molecule has 3 rings (SSSR count). The molecule has 1 fully saturated rings. The van der Waals surface area contributed by atoms with Crippen molar-refractivity contribution in [2.75, 3.05) is 44.7 Å². The maximum atomic E-state index is 5.36. The van der Waals surface area contributed by atoms with E-state index < -0.39 is 0 Å². The first-order valence-electron chi connectivity index (χ1n) is 7.01. The van der Waals surface area contributed by atoms with E-state index in [0.717, 1.165) is 61.3 Å². The van der Waals surface area contributed by atoms with E-state index in [1.807, 2.05) is 6.92 Å². The van der Waals surface area contributed by atoms with Crippen molar-refractivity contribution in [1.82, 2.24) is 14.9 Å². The Morgan fingerprint density at radius 2 is 2.10 bits per heavy atom. The number of rotatable bonds is 4. The summed E-state index contributed by atoms with van der Waals surface area (Å²) in [5, 5.41) is 4.60. The van der Waals surface area contributed by atoms with Gasteiger partial charge in [0.05, 0.1) is 18.6 Å². The number of nitrogens with zero attached hydrogens (tertiary/aromatic N) is 3. The Hall–Kier alpha value is -1.24. The predicted molar refractivity (Wildman–Crippen MR) is 82.6 cm³/mol. The molecule has 2 aromatic rings. The summed E-state index contributed by atoms with van der Waals surface area (Å²) in [7, 11) is 0. The summed E-state index contributed by atoms with van der Waals surface area (Å²) in [6.07, 6.45) is 0. The zero-order valence-corrected chi connectivity index (χ0v) is 12.8. The topological polar surface area (TPSA) is 50.3 Å². The SMILES string of the molecule is Cc1nc(NCCN2CCOCC2)c2cc(C)sc2n1. The lowest BCUT2D eigenvalue weighted by Crippen LogP contribution is -2.39. The Balaban J connectivity index is 1.67. The van der Waals surface area contributed by atoms with E-state index >= 15 is 0 Å². The molecular formula is C14H20N4OS. The predicted octanol–water partition coefficient (Wildman–Crippen LogP) is 2.05. The van der Waals surface area contributed by atoms with Gasteiger partial charge in [-0.05, 0) is 19.9 Å². The minimum Gasteiger partial charge on any atom is -0.379 e. The second-order valence-electron chi connectivity index (χ2n) is 5.08. The van der Waals surface area contributed by atoms with E-state index in [1.165, 1.54) is 4.88 Å². The van der Waals surface area contributed by atoms with E-state index in [2.05, 4.69) is 33.2 Å². The van der Waals surface area contributed by atoms with Crippen LogP contribution in [-0.4, -0.2) is 54.3 Å². The van der Waals surface area contributed by atoms with Gasteiger partial charge < -0.3 is 10.1 Å². The van der Waals surface area contributed by atoms with Crippen LogP contribution in [0.3, 0.4) is 0 Å². The van der Waals surface area contributed by atoms with Gasteiger partial charge in [0.2, 0.25) is 0 Å². The van der Waals surface area contributed by atoms with Crippen molar-refractivity contribution < 1.29 is 4.74 Å². The van der Waals surface area contributed by atoms with E-state index in [-0.39, 0.29) is 0 Å². The summed E-state index contributed by atoms with van der Waals surface area (Å²) in [4.78, 5) is 13.8. The lowest BCUT2D eigenvalue weighted by molar-refractivity contribution is 0.0398. The lowest BCUT2D eigenvalue weighted by atomic mass is 10.3.